The van der Waals surface area contributed by atoms with Crippen LogP contribution in [0.2, 0.25) is 5.02 Å². The van der Waals surface area contributed by atoms with Gasteiger partial charge in [-0.25, -0.2) is 4.98 Å². The van der Waals surface area contributed by atoms with E-state index < -0.39 is 0 Å². The van der Waals surface area contributed by atoms with Crippen molar-refractivity contribution in [1.82, 2.24) is 14.8 Å². The van der Waals surface area contributed by atoms with E-state index in [1.807, 2.05) is 24.0 Å². The summed E-state index contributed by atoms with van der Waals surface area (Å²) in [5.74, 6) is 0.0132. The molecule has 1 atom stereocenters. The van der Waals surface area contributed by atoms with Crippen molar-refractivity contribution in [2.24, 2.45) is 5.92 Å². The number of amides is 2. The van der Waals surface area contributed by atoms with Crippen LogP contribution in [0.5, 0.6) is 0 Å². The minimum Gasteiger partial charge on any atom is -0.381 e. The fraction of sp³-hybridized carbons (Fsp3) is 0.462. The van der Waals surface area contributed by atoms with Gasteiger partial charge >= 0.3 is 0 Å². The van der Waals surface area contributed by atoms with E-state index in [0.29, 0.717) is 42.6 Å². The van der Waals surface area contributed by atoms with Crippen molar-refractivity contribution in [3.63, 3.8) is 0 Å². The van der Waals surface area contributed by atoms with Crippen LogP contribution in [-0.2, 0) is 16.1 Å². The predicted molar refractivity (Wildman–Crippen MR) is 133 cm³/mol. The zero-order valence-corrected chi connectivity index (χ0v) is 20.8. The van der Waals surface area contributed by atoms with E-state index in [-0.39, 0.29) is 29.5 Å². The van der Waals surface area contributed by atoms with Gasteiger partial charge < -0.3 is 15.0 Å². The van der Waals surface area contributed by atoms with E-state index in [0.717, 1.165) is 37.1 Å². The first-order chi connectivity index (χ1) is 16.9. The maximum atomic E-state index is 13.0. The molecule has 0 aliphatic carbocycles. The third-order valence-corrected chi connectivity index (χ3v) is 7.05. The maximum Gasteiger partial charge on any atom is 0.257 e. The molecule has 8 nitrogen and oxygen atoms in total. The second-order valence-corrected chi connectivity index (χ2v) is 9.67. The van der Waals surface area contributed by atoms with Gasteiger partial charge in [-0.05, 0) is 62.1 Å². The Hall–Kier alpha value is -2.99. The summed E-state index contributed by atoms with van der Waals surface area (Å²) in [4.78, 5) is 34.0. The van der Waals surface area contributed by atoms with Crippen LogP contribution in [0.25, 0.3) is 0 Å². The fourth-order valence-corrected chi connectivity index (χ4v) is 4.98. The lowest BCUT2D eigenvalue weighted by atomic mass is 9.97. The standard InChI is InChI=1S/C26H30ClN5O3/c1-17-15-31(7-8-32(17)26(34)19-5-9-35-10-6-19)16-21-11-22(27)12-24(18(21)2)30-25(33)20-3-4-23(13-28)29-14-20/h3-4,11-12,14,17,19H,5-10,15-16H2,1-2H3,(H,30,33)/t17-/m0/s1. The summed E-state index contributed by atoms with van der Waals surface area (Å²) in [6.45, 7) is 8.34. The molecule has 35 heavy (non-hydrogen) atoms. The number of benzene rings is 1. The Balaban J connectivity index is 1.41. The van der Waals surface area contributed by atoms with Crippen LogP contribution in [-0.4, -0.2) is 65.5 Å². The molecular weight excluding hydrogens is 466 g/mol. The van der Waals surface area contributed by atoms with Gasteiger partial charge in [-0.1, -0.05) is 11.6 Å². The Kier molecular flexibility index (Phi) is 8.01. The monoisotopic (exact) mass is 495 g/mol. The molecule has 2 aliphatic heterocycles. The molecule has 2 aliphatic rings. The summed E-state index contributed by atoms with van der Waals surface area (Å²) < 4.78 is 5.41. The van der Waals surface area contributed by atoms with Crippen LogP contribution < -0.4 is 5.32 Å². The molecule has 184 valence electrons. The number of nitriles is 1. The summed E-state index contributed by atoms with van der Waals surface area (Å²) in [5.41, 5.74) is 3.23. The number of ether oxygens (including phenoxy) is 1. The normalized spacial score (nSPS) is 19.3. The number of piperazine rings is 1. The van der Waals surface area contributed by atoms with Gasteiger partial charge in [0.15, 0.2) is 0 Å². The zero-order valence-electron chi connectivity index (χ0n) is 20.1. The molecule has 2 aromatic rings. The number of carbonyl (C=O) groups excluding carboxylic acids is 2. The topological polar surface area (TPSA) is 98.6 Å². The van der Waals surface area contributed by atoms with Gasteiger partial charge in [0, 0.05) is 68.3 Å². The lowest BCUT2D eigenvalue weighted by molar-refractivity contribution is -0.143. The molecule has 2 fully saturated rings. The minimum atomic E-state index is -0.313. The molecule has 0 bridgehead atoms. The fourth-order valence-electron chi connectivity index (χ4n) is 4.74. The molecule has 0 unspecified atom stereocenters. The summed E-state index contributed by atoms with van der Waals surface area (Å²) in [5, 5.41) is 12.4. The highest BCUT2D eigenvalue weighted by molar-refractivity contribution is 6.31. The molecule has 1 N–H and O–H groups in total. The number of rotatable bonds is 5. The molecular formula is C26H30ClN5O3. The first-order valence-corrected chi connectivity index (χ1v) is 12.3. The Morgan fingerprint density at radius 3 is 2.69 bits per heavy atom. The van der Waals surface area contributed by atoms with Gasteiger partial charge in [-0.3, -0.25) is 14.5 Å². The van der Waals surface area contributed by atoms with E-state index in [2.05, 4.69) is 22.1 Å². The molecule has 4 rings (SSSR count). The molecule has 0 saturated carbocycles. The number of hydrogen-bond donors (Lipinski definition) is 1. The summed E-state index contributed by atoms with van der Waals surface area (Å²) in [7, 11) is 0. The van der Waals surface area contributed by atoms with Crippen LogP contribution in [0, 0.1) is 24.2 Å². The first-order valence-electron chi connectivity index (χ1n) is 11.9. The van der Waals surface area contributed by atoms with Crippen molar-refractivity contribution in [2.45, 2.75) is 39.3 Å². The summed E-state index contributed by atoms with van der Waals surface area (Å²) in [6.07, 6.45) is 3.00. The minimum absolute atomic E-state index is 0.0744. The Labute approximate surface area is 210 Å². The number of nitrogens with one attached hydrogen (secondary N) is 1. The number of hydrogen-bond acceptors (Lipinski definition) is 6. The molecule has 1 aromatic heterocycles. The first kappa shape index (κ1) is 25.1. The molecule has 0 spiro atoms. The molecule has 9 heteroatoms. The predicted octanol–water partition coefficient (Wildman–Crippen LogP) is 3.63. The number of aromatic nitrogens is 1. The Bertz CT molecular complexity index is 1130. The van der Waals surface area contributed by atoms with Crippen LogP contribution in [0.1, 0.15) is 46.9 Å². The lowest BCUT2D eigenvalue weighted by Gasteiger charge is -2.42. The highest BCUT2D eigenvalue weighted by atomic mass is 35.5. The Morgan fingerprint density at radius 1 is 1.26 bits per heavy atom. The van der Waals surface area contributed by atoms with Gasteiger partial charge in [0.2, 0.25) is 5.91 Å². The molecule has 3 heterocycles. The van der Waals surface area contributed by atoms with E-state index in [4.69, 9.17) is 21.6 Å². The van der Waals surface area contributed by atoms with Crippen molar-refractivity contribution in [1.29, 1.82) is 5.26 Å². The zero-order chi connectivity index (χ0) is 24.9. The quantitative estimate of drug-likeness (QED) is 0.680. The smallest absolute Gasteiger partial charge is 0.257 e. The molecule has 0 radical (unpaired) electrons. The summed E-state index contributed by atoms with van der Waals surface area (Å²) in [6, 6.07) is 8.82. The van der Waals surface area contributed by atoms with Crippen molar-refractivity contribution in [3.05, 3.63) is 57.9 Å². The average molecular weight is 496 g/mol. The van der Waals surface area contributed by atoms with Gasteiger partial charge in [0.25, 0.3) is 5.91 Å². The lowest BCUT2D eigenvalue weighted by Crippen LogP contribution is -2.55. The second-order valence-electron chi connectivity index (χ2n) is 9.24. The SMILES string of the molecule is Cc1c(CN2CCN(C(=O)C3CCOCC3)[C@@H](C)C2)cc(Cl)cc1NC(=O)c1ccc(C#N)nc1. The number of carbonyl (C=O) groups is 2. The second kappa shape index (κ2) is 11.2. The van der Waals surface area contributed by atoms with Gasteiger partial charge in [-0.15, -0.1) is 0 Å². The van der Waals surface area contributed by atoms with E-state index in [9.17, 15) is 9.59 Å². The van der Waals surface area contributed by atoms with Crippen LogP contribution in [0.3, 0.4) is 0 Å². The number of halogens is 1. The largest absolute Gasteiger partial charge is 0.381 e. The average Bonchev–Trinajstić information content (AvgIpc) is 2.87. The van der Waals surface area contributed by atoms with Gasteiger partial charge in [-0.2, -0.15) is 5.26 Å². The van der Waals surface area contributed by atoms with Crippen molar-refractivity contribution >= 4 is 29.1 Å². The molecule has 2 amide bonds. The Morgan fingerprint density at radius 2 is 2.03 bits per heavy atom. The van der Waals surface area contributed by atoms with Crippen molar-refractivity contribution < 1.29 is 14.3 Å². The third kappa shape index (κ3) is 5.99. The van der Waals surface area contributed by atoms with Crippen molar-refractivity contribution in [2.75, 3.05) is 38.2 Å². The van der Waals surface area contributed by atoms with Gasteiger partial charge in [0.05, 0.1) is 5.56 Å². The van der Waals surface area contributed by atoms with Crippen molar-refractivity contribution in [3.8, 4) is 6.07 Å². The van der Waals surface area contributed by atoms with E-state index in [1.165, 1.54) is 12.3 Å². The van der Waals surface area contributed by atoms with Crippen LogP contribution in [0.4, 0.5) is 5.69 Å². The number of anilines is 1. The number of nitrogens with zero attached hydrogens (tertiary/aromatic N) is 4. The molecule has 2 saturated heterocycles. The maximum absolute atomic E-state index is 13.0. The van der Waals surface area contributed by atoms with E-state index in [1.54, 1.807) is 12.1 Å². The van der Waals surface area contributed by atoms with Gasteiger partial charge in [0.1, 0.15) is 11.8 Å². The highest BCUT2D eigenvalue weighted by Crippen LogP contribution is 2.28. The molecule has 1 aromatic carbocycles. The highest BCUT2D eigenvalue weighted by Gasteiger charge is 2.32. The van der Waals surface area contributed by atoms with Crippen LogP contribution in [0.15, 0.2) is 30.5 Å². The third-order valence-electron chi connectivity index (χ3n) is 6.83. The van der Waals surface area contributed by atoms with E-state index >= 15 is 0 Å². The number of pyridine rings is 1. The summed E-state index contributed by atoms with van der Waals surface area (Å²) >= 11 is 6.41. The van der Waals surface area contributed by atoms with Crippen LogP contribution >= 0.6 is 11.6 Å².